The van der Waals surface area contributed by atoms with Gasteiger partial charge >= 0.3 is 45.4 Å². The van der Waals surface area contributed by atoms with Crippen molar-refractivity contribution in [2.75, 3.05) is 19.8 Å². The molecule has 0 aromatic rings. The molecule has 6 rings (SSSR count). The molecule has 0 aliphatic heterocycles. The van der Waals surface area contributed by atoms with Crippen molar-refractivity contribution in [1.82, 2.24) is 0 Å². The zero-order chi connectivity index (χ0) is 46.1. The van der Waals surface area contributed by atoms with Crippen LogP contribution in [0.3, 0.4) is 0 Å². The van der Waals surface area contributed by atoms with Crippen LogP contribution in [0.2, 0.25) is 6.55 Å². The maximum Gasteiger partial charge on any atom is 0.497 e. The van der Waals surface area contributed by atoms with Crippen LogP contribution in [-0.2, 0) is 32.3 Å². The van der Waals surface area contributed by atoms with Crippen LogP contribution in [0, 0.1) is 35.5 Å². The van der Waals surface area contributed by atoms with Gasteiger partial charge in [-0.05, 0) is 128 Å². The Bertz CT molecular complexity index is 1480. The monoisotopic (exact) mass is 924 g/mol. The molecule has 2 N–H and O–H groups in total. The fourth-order valence-corrected chi connectivity index (χ4v) is 12.2. The highest BCUT2D eigenvalue weighted by Crippen LogP contribution is 2.59. The molecular weight excluding hydrogens is 868 g/mol. The number of esters is 2. The summed E-state index contributed by atoms with van der Waals surface area (Å²) in [5.74, 6) is -3.40. The van der Waals surface area contributed by atoms with Gasteiger partial charge in [-0.3, -0.25) is 9.59 Å². The number of hydrogen-bond acceptors (Lipinski definition) is 9. The van der Waals surface area contributed by atoms with E-state index >= 15 is 0 Å². The summed E-state index contributed by atoms with van der Waals surface area (Å²) in [5, 5.41) is 19.6. The number of hydrogen-bond donors (Lipinski definition) is 2. The standard InChI is InChI=1S/C16H20F6O3.C16H18F6O3.C7H18O3Si/c2*17-15(18,19)14(24,16(20,21)22)13(5-1-2-6-13)25-12(23)11-8-9-3-4-10(11)7-9;1-5-8-11(4,9-6-2)10-7-3/h9-11,24H,1-8H2;3-4,9-11,24H,1-2,5-8H2;5-7H2,1-4H3. The SMILES string of the molecule is CCO[Si](C)(OCC)OCC.O=C(OC1(C(O)(C(F)(F)F)C(F)(F)F)CCCC1)C1CC2C=CC1C2.O=C(OC1(C(O)(C(F)(F)F)C(F)(F)F)CCCC1)C1CC2CCC1C2. The lowest BCUT2D eigenvalue weighted by molar-refractivity contribution is -0.413. The number of carbonyl (C=O) groups is 2. The molecule has 5 fully saturated rings. The molecule has 6 aliphatic carbocycles. The minimum atomic E-state index is -6.01. The summed E-state index contributed by atoms with van der Waals surface area (Å²) < 4.78 is 186. The summed E-state index contributed by atoms with van der Waals surface area (Å²) in [6.45, 7) is 9.73. The molecule has 0 radical (unpaired) electrons. The van der Waals surface area contributed by atoms with Crippen LogP contribution in [0.1, 0.15) is 111 Å². The van der Waals surface area contributed by atoms with Crippen LogP contribution in [0.25, 0.3) is 0 Å². The van der Waals surface area contributed by atoms with Crippen molar-refractivity contribution in [2.24, 2.45) is 35.5 Å². The largest absolute Gasteiger partial charge is 0.497 e. The highest BCUT2D eigenvalue weighted by Gasteiger charge is 2.83. The Kier molecular flexibility index (Phi) is 15.8. The second-order valence-corrected chi connectivity index (χ2v) is 19.6. The van der Waals surface area contributed by atoms with Crippen molar-refractivity contribution in [1.29, 1.82) is 0 Å². The molecule has 0 heterocycles. The van der Waals surface area contributed by atoms with Crippen LogP contribution >= 0.6 is 0 Å². The van der Waals surface area contributed by atoms with Crippen LogP contribution in [0.5, 0.6) is 0 Å². The number of rotatable bonds is 12. The third kappa shape index (κ3) is 10.1. The Hall–Kier alpha value is -2.14. The van der Waals surface area contributed by atoms with E-state index in [-0.39, 0.29) is 49.4 Å². The quantitative estimate of drug-likeness (QED) is 0.0854. The second-order valence-electron chi connectivity index (χ2n) is 17.0. The maximum absolute atomic E-state index is 13.3. The first-order valence-electron chi connectivity index (χ1n) is 20.8. The van der Waals surface area contributed by atoms with Crippen molar-refractivity contribution in [3.63, 3.8) is 0 Å². The van der Waals surface area contributed by atoms with Crippen molar-refractivity contribution in [3.05, 3.63) is 12.2 Å². The lowest BCUT2D eigenvalue weighted by Crippen LogP contribution is -2.71. The van der Waals surface area contributed by atoms with E-state index in [1.54, 1.807) is 6.08 Å². The third-order valence-electron chi connectivity index (χ3n) is 13.2. The number of ether oxygens (including phenoxy) is 2. The van der Waals surface area contributed by atoms with Gasteiger partial charge in [-0.25, -0.2) is 0 Å². The molecule has 6 aliphatic rings. The Morgan fingerprint density at radius 3 is 1.26 bits per heavy atom. The van der Waals surface area contributed by atoms with Gasteiger partial charge in [0.1, 0.15) is 0 Å². The topological polar surface area (TPSA) is 121 Å². The third-order valence-corrected chi connectivity index (χ3v) is 15.7. The van der Waals surface area contributed by atoms with Gasteiger partial charge in [0.05, 0.1) is 11.8 Å². The van der Waals surface area contributed by atoms with E-state index in [9.17, 15) is 72.5 Å². The maximum atomic E-state index is 13.3. The van der Waals surface area contributed by atoms with Gasteiger partial charge in [-0.2, -0.15) is 52.7 Å². The Labute approximate surface area is 347 Å². The minimum absolute atomic E-state index is 0.0123. The van der Waals surface area contributed by atoms with E-state index in [2.05, 4.69) is 0 Å². The van der Waals surface area contributed by atoms with E-state index in [0.29, 0.717) is 39.1 Å². The summed E-state index contributed by atoms with van der Waals surface area (Å²) in [7, 11) is -2.25. The van der Waals surface area contributed by atoms with Crippen LogP contribution < -0.4 is 0 Å². The van der Waals surface area contributed by atoms with E-state index in [1.807, 2.05) is 33.4 Å². The molecular formula is C39H56F12O9Si. The molecule has 9 nitrogen and oxygen atoms in total. The number of allylic oxidation sites excluding steroid dienone is 2. The highest BCUT2D eigenvalue weighted by atomic mass is 28.4. The van der Waals surface area contributed by atoms with Crippen LogP contribution in [-0.4, -0.2) is 97.9 Å². The van der Waals surface area contributed by atoms with Crippen LogP contribution in [0.4, 0.5) is 52.7 Å². The smallest absolute Gasteiger partial charge is 0.455 e. The lowest BCUT2D eigenvalue weighted by atomic mass is 9.79. The number of carbonyl (C=O) groups excluding carboxylic acids is 2. The predicted molar refractivity (Wildman–Crippen MR) is 193 cm³/mol. The summed E-state index contributed by atoms with van der Waals surface area (Å²) in [6.07, 6.45) is -19.1. The molecule has 0 spiro atoms. The first-order chi connectivity index (χ1) is 28.0. The van der Waals surface area contributed by atoms with E-state index in [0.717, 1.165) is 19.3 Å². The molecule has 0 saturated heterocycles. The zero-order valence-corrected chi connectivity index (χ0v) is 35.4. The number of fused-ring (bicyclic) bond motifs is 4. The average molecular weight is 925 g/mol. The summed E-state index contributed by atoms with van der Waals surface area (Å²) in [6, 6.07) is 0. The first-order valence-corrected chi connectivity index (χ1v) is 23.0. The second kappa shape index (κ2) is 18.8. The minimum Gasteiger partial charge on any atom is -0.455 e. The molecule has 6 unspecified atom stereocenters. The number of aliphatic hydroxyl groups is 2. The molecule has 4 bridgehead atoms. The number of alkyl halides is 12. The predicted octanol–water partition coefficient (Wildman–Crippen LogP) is 9.71. The fourth-order valence-electron chi connectivity index (χ4n) is 10.4. The number of halogens is 12. The fraction of sp³-hybridized carbons (Fsp3) is 0.897. The van der Waals surface area contributed by atoms with Crippen molar-refractivity contribution >= 4 is 20.7 Å². The van der Waals surface area contributed by atoms with Gasteiger partial charge in [0.2, 0.25) is 0 Å². The van der Waals surface area contributed by atoms with Crippen molar-refractivity contribution in [2.45, 2.75) is 164 Å². The molecule has 6 atom stereocenters. The van der Waals surface area contributed by atoms with Crippen molar-refractivity contribution in [3.8, 4) is 0 Å². The van der Waals surface area contributed by atoms with E-state index < -0.39 is 105 Å². The molecule has 22 heteroatoms. The van der Waals surface area contributed by atoms with Gasteiger partial charge in [0, 0.05) is 26.4 Å². The van der Waals surface area contributed by atoms with Crippen molar-refractivity contribution < 1.29 is 95.2 Å². The Morgan fingerprint density at radius 2 is 0.984 bits per heavy atom. The highest BCUT2D eigenvalue weighted by molar-refractivity contribution is 6.59. The van der Waals surface area contributed by atoms with Gasteiger partial charge in [-0.15, -0.1) is 0 Å². The lowest BCUT2D eigenvalue weighted by Gasteiger charge is -2.45. The molecule has 61 heavy (non-hydrogen) atoms. The van der Waals surface area contributed by atoms with E-state index in [1.165, 1.54) is 0 Å². The van der Waals surface area contributed by atoms with Gasteiger partial charge in [-0.1, -0.05) is 18.6 Å². The molecule has 5 saturated carbocycles. The molecule has 0 amide bonds. The van der Waals surface area contributed by atoms with E-state index in [4.69, 9.17) is 22.8 Å². The summed E-state index contributed by atoms with van der Waals surface area (Å²) in [4.78, 5) is 24.8. The Balaban J connectivity index is 0.000000218. The average Bonchev–Trinajstić information content (AvgIpc) is 4.01. The summed E-state index contributed by atoms with van der Waals surface area (Å²) in [5.41, 5.74) is -16.2. The normalized spacial score (nSPS) is 28.3. The Morgan fingerprint density at radius 1 is 0.590 bits per heavy atom. The summed E-state index contributed by atoms with van der Waals surface area (Å²) >= 11 is 0. The van der Waals surface area contributed by atoms with Gasteiger partial charge < -0.3 is 33.0 Å². The van der Waals surface area contributed by atoms with Gasteiger partial charge in [0.25, 0.3) is 11.2 Å². The first kappa shape index (κ1) is 51.5. The van der Waals surface area contributed by atoms with Crippen LogP contribution in [0.15, 0.2) is 12.2 Å². The zero-order valence-electron chi connectivity index (χ0n) is 34.4. The molecule has 354 valence electrons. The molecule has 0 aromatic carbocycles. The van der Waals surface area contributed by atoms with Gasteiger partial charge in [0.15, 0.2) is 11.2 Å². The molecule has 0 aromatic heterocycles.